The molecule has 120 valence electrons. The zero-order valence-corrected chi connectivity index (χ0v) is 13.2. The first-order valence-corrected chi connectivity index (χ1v) is 7.30. The largest absolute Gasteiger partial charge is 0.480 e. The molecule has 0 saturated carbocycles. The molecule has 6 nitrogen and oxygen atoms in total. The average Bonchev–Trinajstić information content (AvgIpc) is 2.42. The summed E-state index contributed by atoms with van der Waals surface area (Å²) >= 11 is 0. The highest BCUT2D eigenvalue weighted by molar-refractivity contribution is 5.74. The number of aliphatic carboxylic acids is 1. The number of anilines is 1. The van der Waals surface area contributed by atoms with Crippen molar-refractivity contribution in [3.05, 3.63) is 29.3 Å². The molecule has 0 bridgehead atoms. The number of benzene rings is 1. The Bertz CT molecular complexity index is 578. The van der Waals surface area contributed by atoms with Crippen molar-refractivity contribution in [2.24, 2.45) is 0 Å². The normalized spacial score (nSPS) is 14.2. The number of nitrogens with one attached hydrogen (secondary N) is 1. The Morgan fingerprint density at radius 2 is 2.09 bits per heavy atom. The molecule has 0 unspecified atom stereocenters. The first-order valence-electron chi connectivity index (χ1n) is 7.30. The molecule has 0 aliphatic carbocycles. The molecule has 1 amide bonds. The third kappa shape index (κ3) is 4.13. The number of hydrogen-bond acceptors (Lipinski definition) is 4. The van der Waals surface area contributed by atoms with Gasteiger partial charge in [-0.1, -0.05) is 12.1 Å². The fourth-order valence-corrected chi connectivity index (χ4v) is 2.40. The van der Waals surface area contributed by atoms with Crippen LogP contribution in [0.3, 0.4) is 0 Å². The molecule has 0 saturated heterocycles. The van der Waals surface area contributed by atoms with Gasteiger partial charge in [0.2, 0.25) is 0 Å². The summed E-state index contributed by atoms with van der Waals surface area (Å²) in [5.41, 5.74) is 2.32. The summed E-state index contributed by atoms with van der Waals surface area (Å²) in [7, 11) is 0. The van der Waals surface area contributed by atoms with Crippen molar-refractivity contribution >= 4 is 17.7 Å². The number of nitrogens with zero attached hydrogens (tertiary/aromatic N) is 1. The molecule has 2 rings (SSSR count). The summed E-state index contributed by atoms with van der Waals surface area (Å²) in [5, 5.41) is 11.7. The van der Waals surface area contributed by atoms with E-state index in [-0.39, 0.29) is 12.6 Å². The molecule has 22 heavy (non-hydrogen) atoms. The Hall–Kier alpha value is -2.24. The number of carboxylic acid groups (broad SMARTS) is 1. The minimum Gasteiger partial charge on any atom is -0.480 e. The van der Waals surface area contributed by atoms with Gasteiger partial charge in [-0.15, -0.1) is 0 Å². The van der Waals surface area contributed by atoms with Gasteiger partial charge < -0.3 is 20.1 Å². The van der Waals surface area contributed by atoms with Gasteiger partial charge in [0.1, 0.15) is 12.1 Å². The fourth-order valence-electron chi connectivity index (χ4n) is 2.40. The molecule has 0 spiro atoms. The molecular weight excluding hydrogens is 284 g/mol. The van der Waals surface area contributed by atoms with Crippen LogP contribution in [0.5, 0.6) is 0 Å². The van der Waals surface area contributed by atoms with Gasteiger partial charge in [-0.2, -0.15) is 0 Å². The van der Waals surface area contributed by atoms with Gasteiger partial charge in [0.15, 0.2) is 0 Å². The molecule has 1 aromatic rings. The van der Waals surface area contributed by atoms with E-state index in [1.54, 1.807) is 4.90 Å². The number of hydrogen-bond donors (Lipinski definition) is 2. The number of rotatable bonds is 3. The summed E-state index contributed by atoms with van der Waals surface area (Å²) in [6.45, 7) is 6.38. The first-order chi connectivity index (χ1) is 10.3. The van der Waals surface area contributed by atoms with E-state index < -0.39 is 11.6 Å². The molecule has 0 aromatic heterocycles. The van der Waals surface area contributed by atoms with Crippen molar-refractivity contribution in [2.75, 3.05) is 18.4 Å². The Kier molecular flexibility index (Phi) is 4.59. The highest BCUT2D eigenvalue weighted by Gasteiger charge is 2.26. The maximum atomic E-state index is 12.2. The van der Waals surface area contributed by atoms with E-state index in [0.29, 0.717) is 13.1 Å². The number of amides is 1. The Labute approximate surface area is 130 Å². The quantitative estimate of drug-likeness (QED) is 0.897. The minimum absolute atomic E-state index is 0.150. The van der Waals surface area contributed by atoms with Gasteiger partial charge in [-0.25, -0.2) is 4.79 Å². The van der Waals surface area contributed by atoms with Crippen molar-refractivity contribution in [3.8, 4) is 0 Å². The third-order valence-corrected chi connectivity index (χ3v) is 3.35. The predicted molar refractivity (Wildman–Crippen MR) is 82.9 cm³/mol. The molecule has 1 aliphatic heterocycles. The topological polar surface area (TPSA) is 78.9 Å². The molecule has 0 radical (unpaired) electrons. The summed E-state index contributed by atoms with van der Waals surface area (Å²) in [5.74, 6) is -0.919. The van der Waals surface area contributed by atoms with Crippen LogP contribution in [0.15, 0.2) is 18.2 Å². The van der Waals surface area contributed by atoms with E-state index in [4.69, 9.17) is 9.84 Å². The Balaban J connectivity index is 2.14. The lowest BCUT2D eigenvalue weighted by atomic mass is 9.98. The second kappa shape index (κ2) is 6.25. The molecule has 6 heteroatoms. The van der Waals surface area contributed by atoms with Gasteiger partial charge in [0.05, 0.1) is 6.54 Å². The number of fused-ring (bicyclic) bond motifs is 1. The molecule has 2 N–H and O–H groups in total. The maximum absolute atomic E-state index is 12.2. The van der Waals surface area contributed by atoms with Gasteiger partial charge in [0, 0.05) is 12.2 Å². The lowest BCUT2D eigenvalue weighted by molar-refractivity contribution is -0.134. The van der Waals surface area contributed by atoms with Crippen LogP contribution >= 0.6 is 0 Å². The van der Waals surface area contributed by atoms with Crippen molar-refractivity contribution < 1.29 is 19.4 Å². The smallest absolute Gasteiger partial charge is 0.410 e. The van der Waals surface area contributed by atoms with Crippen LogP contribution in [0, 0.1) is 0 Å². The van der Waals surface area contributed by atoms with Gasteiger partial charge in [-0.3, -0.25) is 4.79 Å². The van der Waals surface area contributed by atoms with Crippen molar-refractivity contribution in [1.29, 1.82) is 0 Å². The monoisotopic (exact) mass is 306 g/mol. The summed E-state index contributed by atoms with van der Waals surface area (Å²) in [4.78, 5) is 24.6. The van der Waals surface area contributed by atoms with E-state index in [9.17, 15) is 9.59 Å². The van der Waals surface area contributed by atoms with Gasteiger partial charge >= 0.3 is 12.1 Å². The molecule has 1 aromatic carbocycles. The first kappa shape index (κ1) is 16.1. The third-order valence-electron chi connectivity index (χ3n) is 3.35. The molecule has 0 fully saturated rings. The van der Waals surface area contributed by atoms with Crippen LogP contribution in [0.25, 0.3) is 0 Å². The lowest BCUT2D eigenvalue weighted by Crippen LogP contribution is -2.40. The minimum atomic E-state index is -0.919. The van der Waals surface area contributed by atoms with Crippen LogP contribution in [0.2, 0.25) is 0 Å². The van der Waals surface area contributed by atoms with Crippen molar-refractivity contribution in [1.82, 2.24) is 4.90 Å². The Morgan fingerprint density at radius 3 is 2.73 bits per heavy atom. The van der Waals surface area contributed by atoms with E-state index >= 15 is 0 Å². The fraction of sp³-hybridized carbons (Fsp3) is 0.500. The second-order valence-electron chi connectivity index (χ2n) is 6.34. The average molecular weight is 306 g/mol. The van der Waals surface area contributed by atoms with Crippen LogP contribution in [0.1, 0.15) is 31.9 Å². The van der Waals surface area contributed by atoms with Gasteiger partial charge in [0.25, 0.3) is 0 Å². The van der Waals surface area contributed by atoms with Crippen LogP contribution in [0.4, 0.5) is 10.5 Å². The summed E-state index contributed by atoms with van der Waals surface area (Å²) in [6, 6.07) is 5.74. The zero-order valence-electron chi connectivity index (χ0n) is 13.2. The van der Waals surface area contributed by atoms with E-state index in [1.807, 2.05) is 39.0 Å². The van der Waals surface area contributed by atoms with E-state index in [0.717, 1.165) is 23.2 Å². The number of carboxylic acids is 1. The summed E-state index contributed by atoms with van der Waals surface area (Å²) in [6.07, 6.45) is 0.392. The van der Waals surface area contributed by atoms with Crippen LogP contribution in [-0.4, -0.2) is 40.8 Å². The predicted octanol–water partition coefficient (Wildman–Crippen LogP) is 2.48. The van der Waals surface area contributed by atoms with E-state index in [2.05, 4.69) is 5.32 Å². The highest BCUT2D eigenvalue weighted by Crippen LogP contribution is 2.27. The van der Waals surface area contributed by atoms with E-state index in [1.165, 1.54) is 0 Å². The van der Waals surface area contributed by atoms with Crippen LogP contribution in [-0.2, 0) is 22.5 Å². The Morgan fingerprint density at radius 1 is 1.36 bits per heavy atom. The van der Waals surface area contributed by atoms with Gasteiger partial charge in [-0.05, 0) is 44.4 Å². The number of carbonyl (C=O) groups excluding carboxylic acids is 1. The molecule has 1 heterocycles. The number of carbonyl (C=O) groups is 2. The molecule has 1 aliphatic rings. The summed E-state index contributed by atoms with van der Waals surface area (Å²) < 4.78 is 5.40. The van der Waals surface area contributed by atoms with Crippen molar-refractivity contribution in [3.63, 3.8) is 0 Å². The number of ether oxygens (including phenoxy) is 1. The highest BCUT2D eigenvalue weighted by atomic mass is 16.6. The molecular formula is C16H22N2O4. The second-order valence-corrected chi connectivity index (χ2v) is 6.34. The SMILES string of the molecule is CC(C)(C)OC(=O)N1CCc2cccc(NCC(=O)O)c2C1. The zero-order chi connectivity index (χ0) is 16.3. The lowest BCUT2D eigenvalue weighted by Gasteiger charge is -2.32. The standard InChI is InChI=1S/C16H22N2O4/c1-16(2,3)22-15(21)18-8-7-11-5-4-6-13(12(11)10-18)17-9-14(19)20/h4-6,17H,7-10H2,1-3H3,(H,19,20). The van der Waals surface area contributed by atoms with Crippen LogP contribution < -0.4 is 5.32 Å². The van der Waals surface area contributed by atoms with Crippen molar-refractivity contribution in [2.45, 2.75) is 39.3 Å². The molecule has 0 atom stereocenters. The maximum Gasteiger partial charge on any atom is 0.410 e.